The normalized spacial score (nSPS) is 19.3. The quantitative estimate of drug-likeness (QED) is 0.793. The van der Waals surface area contributed by atoms with Crippen LogP contribution in [0.4, 0.5) is 0 Å². The number of aromatic nitrogens is 1. The zero-order chi connectivity index (χ0) is 18.8. The number of benzene rings is 1. The number of nitrogens with zero attached hydrogens (tertiary/aromatic N) is 2. The van der Waals surface area contributed by atoms with Gasteiger partial charge in [-0.3, -0.25) is 15.2 Å². The smallest absolute Gasteiger partial charge is 0.264 e. The molecule has 1 aromatic carbocycles. The highest BCUT2D eigenvalue weighted by molar-refractivity contribution is 8.18. The number of fused-ring (bicyclic) bond motifs is 1. The van der Waals surface area contributed by atoms with Gasteiger partial charge in [-0.2, -0.15) is 5.26 Å². The molecule has 136 valence electrons. The maximum absolute atomic E-state index is 11.8. The summed E-state index contributed by atoms with van der Waals surface area (Å²) in [6, 6.07) is 7.70. The molecule has 8 heteroatoms. The lowest BCUT2D eigenvalue weighted by Gasteiger charge is -2.24. The molecule has 0 atom stereocenters. The van der Waals surface area contributed by atoms with E-state index in [0.717, 1.165) is 41.1 Å². The Morgan fingerprint density at radius 3 is 2.93 bits per heavy atom. The molecule has 0 bridgehead atoms. The molecular weight excluding hydrogens is 364 g/mol. The van der Waals surface area contributed by atoms with Gasteiger partial charge < -0.3 is 14.8 Å². The summed E-state index contributed by atoms with van der Waals surface area (Å²) in [6.45, 7) is 1.29. The summed E-state index contributed by atoms with van der Waals surface area (Å²) < 4.78 is 11.5. The third-order valence-corrected chi connectivity index (χ3v) is 5.21. The number of ether oxygens (including phenoxy) is 2. The first kappa shape index (κ1) is 17.5. The fourth-order valence-corrected chi connectivity index (χ4v) is 3.74. The van der Waals surface area contributed by atoms with Crippen LogP contribution in [0.3, 0.4) is 0 Å². The second-order valence-electron chi connectivity index (χ2n) is 6.21. The number of thioether (sulfide) groups is 1. The van der Waals surface area contributed by atoms with Crippen LogP contribution >= 0.6 is 11.8 Å². The van der Waals surface area contributed by atoms with E-state index in [1.165, 1.54) is 6.20 Å². The topological polar surface area (TPSA) is 108 Å². The van der Waals surface area contributed by atoms with Gasteiger partial charge in [0.05, 0.1) is 23.6 Å². The second-order valence-corrected chi connectivity index (χ2v) is 7.27. The maximum atomic E-state index is 11.8. The Morgan fingerprint density at radius 2 is 2.22 bits per heavy atom. The van der Waals surface area contributed by atoms with Gasteiger partial charge in [0, 0.05) is 24.4 Å². The predicted molar refractivity (Wildman–Crippen MR) is 102 cm³/mol. The molecule has 1 amide bonds. The maximum Gasteiger partial charge on any atom is 0.264 e. The largest absolute Gasteiger partial charge is 0.488 e. The summed E-state index contributed by atoms with van der Waals surface area (Å²) in [5.41, 5.74) is 1.88. The lowest BCUT2D eigenvalue weighted by atomic mass is 10.1. The van der Waals surface area contributed by atoms with Crippen molar-refractivity contribution in [3.8, 4) is 11.8 Å². The van der Waals surface area contributed by atoms with Gasteiger partial charge in [-0.1, -0.05) is 6.07 Å². The molecule has 0 aliphatic carbocycles. The highest BCUT2D eigenvalue weighted by Crippen LogP contribution is 2.32. The Labute approximate surface area is 159 Å². The first-order valence-corrected chi connectivity index (χ1v) is 9.32. The van der Waals surface area contributed by atoms with Gasteiger partial charge in [-0.25, -0.2) is 0 Å². The fraction of sp³-hybridized carbons (Fsp3) is 0.263. The number of pyridine rings is 1. The zero-order valence-corrected chi connectivity index (χ0v) is 15.1. The molecule has 0 radical (unpaired) electrons. The third kappa shape index (κ3) is 3.65. The van der Waals surface area contributed by atoms with E-state index in [1.807, 2.05) is 18.2 Å². The Balaban J connectivity index is 1.75. The Kier molecular flexibility index (Phi) is 4.79. The molecule has 2 aliphatic heterocycles. The standard InChI is InChI=1S/C19H16N4O3S/c20-9-12-10-22-15-2-1-11(8-16-18(24)23-19(21)27-16)7-14(15)17(12)26-13-3-5-25-6-4-13/h1-2,7-8,10,13H,3-6H2,(H2,21,23,24)/b16-8-. The van der Waals surface area contributed by atoms with Crippen molar-refractivity contribution in [2.45, 2.75) is 18.9 Å². The molecule has 4 rings (SSSR count). The van der Waals surface area contributed by atoms with Crippen molar-refractivity contribution in [1.82, 2.24) is 10.3 Å². The average molecular weight is 380 g/mol. The van der Waals surface area contributed by atoms with Crippen molar-refractivity contribution in [3.63, 3.8) is 0 Å². The van der Waals surface area contributed by atoms with Crippen LogP contribution < -0.4 is 10.1 Å². The lowest BCUT2D eigenvalue weighted by molar-refractivity contribution is -0.115. The molecule has 2 saturated heterocycles. The fourth-order valence-electron chi connectivity index (χ4n) is 3.04. The molecule has 1 aromatic heterocycles. The molecule has 0 unspecified atom stereocenters. The van der Waals surface area contributed by atoms with E-state index in [0.29, 0.717) is 29.4 Å². The first-order chi connectivity index (χ1) is 13.1. The number of amides is 1. The van der Waals surface area contributed by atoms with Gasteiger partial charge in [-0.05, 0) is 35.5 Å². The molecule has 2 aliphatic rings. The Morgan fingerprint density at radius 1 is 1.41 bits per heavy atom. The highest BCUT2D eigenvalue weighted by atomic mass is 32.2. The predicted octanol–water partition coefficient (Wildman–Crippen LogP) is 2.80. The molecule has 0 saturated carbocycles. The summed E-state index contributed by atoms with van der Waals surface area (Å²) >= 11 is 1.08. The minimum absolute atomic E-state index is 0.00454. The van der Waals surface area contributed by atoms with Crippen molar-refractivity contribution in [1.29, 1.82) is 10.7 Å². The van der Waals surface area contributed by atoms with E-state index in [4.69, 9.17) is 14.9 Å². The minimum atomic E-state index is -0.285. The number of hydrogen-bond donors (Lipinski definition) is 2. The molecule has 2 aromatic rings. The van der Waals surface area contributed by atoms with Gasteiger partial charge in [0.1, 0.15) is 23.5 Å². The van der Waals surface area contributed by atoms with Crippen molar-refractivity contribution in [2.24, 2.45) is 0 Å². The van der Waals surface area contributed by atoms with E-state index in [2.05, 4.69) is 16.4 Å². The molecular formula is C19H16N4O3S. The summed E-state index contributed by atoms with van der Waals surface area (Å²) in [4.78, 5) is 16.6. The van der Waals surface area contributed by atoms with E-state index in [9.17, 15) is 10.1 Å². The first-order valence-electron chi connectivity index (χ1n) is 8.51. The molecule has 2 fully saturated rings. The van der Waals surface area contributed by atoms with Crippen LogP contribution in [0.2, 0.25) is 0 Å². The van der Waals surface area contributed by atoms with Gasteiger partial charge in [0.2, 0.25) is 0 Å². The second kappa shape index (κ2) is 7.39. The monoisotopic (exact) mass is 380 g/mol. The average Bonchev–Trinajstić information content (AvgIpc) is 3.00. The minimum Gasteiger partial charge on any atom is -0.488 e. The van der Waals surface area contributed by atoms with Crippen molar-refractivity contribution < 1.29 is 14.3 Å². The van der Waals surface area contributed by atoms with E-state index < -0.39 is 0 Å². The number of amidine groups is 1. The summed E-state index contributed by atoms with van der Waals surface area (Å²) in [5, 5.41) is 20.3. The van der Waals surface area contributed by atoms with Gasteiger partial charge in [0.25, 0.3) is 5.91 Å². The van der Waals surface area contributed by atoms with Crippen LogP contribution in [0, 0.1) is 16.7 Å². The van der Waals surface area contributed by atoms with E-state index in [1.54, 1.807) is 6.08 Å². The number of hydrogen-bond acceptors (Lipinski definition) is 7. The van der Waals surface area contributed by atoms with Crippen molar-refractivity contribution >= 4 is 39.8 Å². The molecule has 3 heterocycles. The third-order valence-electron chi connectivity index (χ3n) is 4.38. The Bertz CT molecular complexity index is 1010. The van der Waals surface area contributed by atoms with Crippen molar-refractivity contribution in [2.75, 3.05) is 13.2 Å². The summed E-state index contributed by atoms with van der Waals surface area (Å²) in [5.74, 6) is 0.235. The highest BCUT2D eigenvalue weighted by Gasteiger charge is 2.23. The van der Waals surface area contributed by atoms with Gasteiger partial charge in [0.15, 0.2) is 5.17 Å². The van der Waals surface area contributed by atoms with Crippen LogP contribution in [-0.2, 0) is 9.53 Å². The SMILES string of the molecule is N#Cc1cnc2ccc(/C=C3\SC(=N)NC3=O)cc2c1OC1CCOCC1. The Hall–Kier alpha value is -2.89. The summed E-state index contributed by atoms with van der Waals surface area (Å²) in [7, 11) is 0. The van der Waals surface area contributed by atoms with Gasteiger partial charge >= 0.3 is 0 Å². The lowest BCUT2D eigenvalue weighted by Crippen LogP contribution is -2.26. The number of nitriles is 1. The van der Waals surface area contributed by atoms with E-state index >= 15 is 0 Å². The van der Waals surface area contributed by atoms with Crippen LogP contribution in [0.25, 0.3) is 17.0 Å². The van der Waals surface area contributed by atoms with Crippen molar-refractivity contribution in [3.05, 3.63) is 40.4 Å². The van der Waals surface area contributed by atoms with E-state index in [-0.39, 0.29) is 17.2 Å². The molecule has 27 heavy (non-hydrogen) atoms. The zero-order valence-electron chi connectivity index (χ0n) is 14.3. The van der Waals surface area contributed by atoms with Gasteiger partial charge in [-0.15, -0.1) is 0 Å². The van der Waals surface area contributed by atoms with Crippen LogP contribution in [0.1, 0.15) is 24.0 Å². The molecule has 7 nitrogen and oxygen atoms in total. The van der Waals surface area contributed by atoms with Crippen LogP contribution in [0.15, 0.2) is 29.3 Å². The summed E-state index contributed by atoms with van der Waals surface area (Å²) in [6.07, 6.45) is 4.79. The number of carbonyl (C=O) groups is 1. The van der Waals surface area contributed by atoms with Crippen LogP contribution in [-0.4, -0.2) is 35.4 Å². The number of nitrogens with one attached hydrogen (secondary N) is 2. The van der Waals surface area contributed by atoms with Crippen LogP contribution in [0.5, 0.6) is 5.75 Å². The molecule has 2 N–H and O–H groups in total. The number of rotatable bonds is 3. The molecule has 0 spiro atoms. The number of carbonyl (C=O) groups excluding carboxylic acids is 1.